The van der Waals surface area contributed by atoms with Gasteiger partial charge in [0.2, 0.25) is 10.0 Å². The molecule has 4 heteroatoms. The number of hydrogen-bond acceptors (Lipinski definition) is 2. The largest absolute Gasteiger partial charge is 0.213 e. The van der Waals surface area contributed by atoms with Crippen molar-refractivity contribution in [2.24, 2.45) is 5.92 Å². The Morgan fingerprint density at radius 2 is 1.65 bits per heavy atom. The van der Waals surface area contributed by atoms with E-state index in [4.69, 9.17) is 0 Å². The molecule has 17 heavy (non-hydrogen) atoms. The fraction of sp³-hybridized carbons (Fsp3) is 0.538. The van der Waals surface area contributed by atoms with E-state index in [0.29, 0.717) is 5.92 Å². The van der Waals surface area contributed by atoms with Crippen LogP contribution in [0.3, 0.4) is 0 Å². The summed E-state index contributed by atoms with van der Waals surface area (Å²) in [4.78, 5) is 0. The average Bonchev–Trinajstić information content (AvgIpc) is 2.15. The molecule has 0 amide bonds. The Hall–Kier alpha value is -0.870. The third-order valence-corrected chi connectivity index (χ3v) is 3.30. The highest BCUT2D eigenvalue weighted by Gasteiger charge is 2.10. The normalized spacial score (nSPS) is 13.9. The van der Waals surface area contributed by atoms with Crippen molar-refractivity contribution in [3.63, 3.8) is 0 Å². The SMILES string of the molecule is CC(C)Cc1ccc(C(C)NS(C)(=O)=O)cc1. The predicted molar refractivity (Wildman–Crippen MR) is 71.4 cm³/mol. The Kier molecular flexibility index (Phi) is 4.71. The molecule has 0 saturated carbocycles. The van der Waals surface area contributed by atoms with Crippen LogP contribution in [0.2, 0.25) is 0 Å². The van der Waals surface area contributed by atoms with Gasteiger partial charge >= 0.3 is 0 Å². The van der Waals surface area contributed by atoms with E-state index in [1.165, 1.54) is 11.8 Å². The van der Waals surface area contributed by atoms with Crippen molar-refractivity contribution in [2.45, 2.75) is 33.2 Å². The van der Waals surface area contributed by atoms with Gasteiger partial charge in [-0.25, -0.2) is 13.1 Å². The van der Waals surface area contributed by atoms with Crippen LogP contribution in [0.15, 0.2) is 24.3 Å². The second-order valence-corrected chi connectivity index (χ2v) is 6.73. The third kappa shape index (κ3) is 5.33. The summed E-state index contributed by atoms with van der Waals surface area (Å²) in [5, 5.41) is 0. The van der Waals surface area contributed by atoms with Crippen LogP contribution < -0.4 is 4.72 Å². The molecule has 0 aliphatic rings. The molecule has 3 nitrogen and oxygen atoms in total. The first-order valence-corrected chi connectivity index (χ1v) is 7.73. The maximum atomic E-state index is 11.1. The monoisotopic (exact) mass is 255 g/mol. The van der Waals surface area contributed by atoms with Gasteiger partial charge in [0.1, 0.15) is 0 Å². The molecule has 0 bridgehead atoms. The summed E-state index contributed by atoms with van der Waals surface area (Å²) in [7, 11) is -3.15. The van der Waals surface area contributed by atoms with Gasteiger partial charge in [0, 0.05) is 6.04 Å². The number of hydrogen-bond donors (Lipinski definition) is 1. The number of benzene rings is 1. The van der Waals surface area contributed by atoms with Crippen LogP contribution in [0.5, 0.6) is 0 Å². The Labute approximate surface area is 104 Å². The summed E-state index contributed by atoms with van der Waals surface area (Å²) < 4.78 is 24.8. The van der Waals surface area contributed by atoms with Crippen molar-refractivity contribution in [2.75, 3.05) is 6.26 Å². The fourth-order valence-electron chi connectivity index (χ4n) is 1.80. The molecule has 0 saturated heterocycles. The summed E-state index contributed by atoms with van der Waals surface area (Å²) in [6.45, 7) is 6.21. The Bertz CT molecular complexity index is 449. The molecule has 1 aromatic carbocycles. The van der Waals surface area contributed by atoms with Crippen molar-refractivity contribution in [1.29, 1.82) is 0 Å². The predicted octanol–water partition coefficient (Wildman–Crippen LogP) is 2.50. The first kappa shape index (κ1) is 14.2. The first-order chi connectivity index (χ1) is 7.78. The summed E-state index contributed by atoms with van der Waals surface area (Å²) in [5.74, 6) is 0.632. The van der Waals surface area contributed by atoms with Crippen LogP contribution in [-0.4, -0.2) is 14.7 Å². The van der Waals surface area contributed by atoms with Crippen LogP contribution in [0, 0.1) is 5.92 Å². The molecule has 1 N–H and O–H groups in total. The summed E-state index contributed by atoms with van der Waals surface area (Å²) in [6, 6.07) is 7.92. The Morgan fingerprint density at radius 3 is 2.06 bits per heavy atom. The number of sulfonamides is 1. The highest BCUT2D eigenvalue weighted by Crippen LogP contribution is 2.15. The zero-order valence-electron chi connectivity index (χ0n) is 10.9. The molecule has 0 radical (unpaired) electrons. The molecular formula is C13H21NO2S. The Morgan fingerprint density at radius 1 is 1.12 bits per heavy atom. The standard InChI is InChI=1S/C13H21NO2S/c1-10(2)9-12-5-7-13(8-6-12)11(3)14-17(4,15)16/h5-8,10-11,14H,9H2,1-4H3. The van der Waals surface area contributed by atoms with E-state index in [9.17, 15) is 8.42 Å². The minimum absolute atomic E-state index is 0.182. The van der Waals surface area contributed by atoms with E-state index in [0.717, 1.165) is 12.0 Å². The summed E-state index contributed by atoms with van der Waals surface area (Å²) >= 11 is 0. The van der Waals surface area contributed by atoms with Crippen LogP contribution >= 0.6 is 0 Å². The van der Waals surface area contributed by atoms with Crippen molar-refractivity contribution in [3.05, 3.63) is 35.4 Å². The maximum absolute atomic E-state index is 11.1. The molecule has 1 unspecified atom stereocenters. The van der Waals surface area contributed by atoms with Gasteiger partial charge in [-0.15, -0.1) is 0 Å². The molecule has 0 aromatic heterocycles. The highest BCUT2D eigenvalue weighted by molar-refractivity contribution is 7.88. The quantitative estimate of drug-likeness (QED) is 0.878. The van der Waals surface area contributed by atoms with Gasteiger partial charge in [0.05, 0.1) is 6.26 Å². The van der Waals surface area contributed by atoms with Crippen LogP contribution in [-0.2, 0) is 16.4 Å². The molecule has 0 aliphatic carbocycles. The van der Waals surface area contributed by atoms with Gasteiger partial charge in [-0.3, -0.25) is 0 Å². The van der Waals surface area contributed by atoms with Crippen molar-refractivity contribution in [3.8, 4) is 0 Å². The molecular weight excluding hydrogens is 234 g/mol. The van der Waals surface area contributed by atoms with E-state index >= 15 is 0 Å². The molecule has 1 aromatic rings. The lowest BCUT2D eigenvalue weighted by Gasteiger charge is -2.13. The summed E-state index contributed by atoms with van der Waals surface area (Å²) in [6.07, 6.45) is 2.23. The molecule has 0 fully saturated rings. The highest BCUT2D eigenvalue weighted by atomic mass is 32.2. The minimum atomic E-state index is -3.15. The van der Waals surface area contributed by atoms with Gasteiger partial charge in [-0.2, -0.15) is 0 Å². The van der Waals surface area contributed by atoms with Crippen LogP contribution in [0.25, 0.3) is 0 Å². The van der Waals surface area contributed by atoms with Crippen LogP contribution in [0.4, 0.5) is 0 Å². The van der Waals surface area contributed by atoms with E-state index in [2.05, 4.69) is 30.7 Å². The van der Waals surface area contributed by atoms with Crippen molar-refractivity contribution >= 4 is 10.0 Å². The molecule has 1 rings (SSSR count). The smallest absolute Gasteiger partial charge is 0.209 e. The minimum Gasteiger partial charge on any atom is -0.213 e. The second kappa shape index (κ2) is 5.65. The molecule has 0 heterocycles. The van der Waals surface area contributed by atoms with E-state index in [1.54, 1.807) is 0 Å². The second-order valence-electron chi connectivity index (χ2n) is 4.95. The lowest BCUT2D eigenvalue weighted by Crippen LogP contribution is -2.25. The fourth-order valence-corrected chi connectivity index (χ4v) is 2.58. The maximum Gasteiger partial charge on any atom is 0.209 e. The number of rotatable bonds is 5. The zero-order chi connectivity index (χ0) is 13.1. The topological polar surface area (TPSA) is 46.2 Å². The average molecular weight is 255 g/mol. The molecule has 96 valence electrons. The van der Waals surface area contributed by atoms with Gasteiger partial charge in [-0.1, -0.05) is 38.1 Å². The summed E-state index contributed by atoms with van der Waals surface area (Å²) in [5.41, 5.74) is 2.28. The lowest BCUT2D eigenvalue weighted by atomic mass is 10.0. The number of nitrogens with one attached hydrogen (secondary N) is 1. The molecule has 0 aliphatic heterocycles. The van der Waals surface area contributed by atoms with Gasteiger partial charge in [0.15, 0.2) is 0 Å². The van der Waals surface area contributed by atoms with Gasteiger partial charge < -0.3 is 0 Å². The molecule has 1 atom stereocenters. The van der Waals surface area contributed by atoms with E-state index in [1.807, 2.05) is 19.1 Å². The molecule has 0 spiro atoms. The van der Waals surface area contributed by atoms with Gasteiger partial charge in [-0.05, 0) is 30.4 Å². The van der Waals surface area contributed by atoms with E-state index in [-0.39, 0.29) is 6.04 Å². The van der Waals surface area contributed by atoms with Crippen LogP contribution in [0.1, 0.15) is 37.9 Å². The lowest BCUT2D eigenvalue weighted by molar-refractivity contribution is 0.573. The first-order valence-electron chi connectivity index (χ1n) is 5.84. The zero-order valence-corrected chi connectivity index (χ0v) is 11.7. The van der Waals surface area contributed by atoms with E-state index < -0.39 is 10.0 Å². The van der Waals surface area contributed by atoms with Gasteiger partial charge in [0.25, 0.3) is 0 Å². The third-order valence-electron chi connectivity index (χ3n) is 2.51. The van der Waals surface area contributed by atoms with Crippen molar-refractivity contribution in [1.82, 2.24) is 4.72 Å². The Balaban J connectivity index is 2.73. The van der Waals surface area contributed by atoms with Crippen molar-refractivity contribution < 1.29 is 8.42 Å².